The molecular weight excluding hydrogens is 234 g/mol. The number of carbonyl (C=O) groups is 1. The fourth-order valence-electron chi connectivity index (χ4n) is 1.88. The summed E-state index contributed by atoms with van der Waals surface area (Å²) in [5, 5.41) is 9.29. The standard InChI is InChI=1S/C12H11N3O3/c16-11(17)12(6-18-7-12)10-14-5-3-9(15-10)8-2-1-4-13-8/h1-5,13H,6-7H2,(H,16,17). The molecule has 18 heavy (non-hydrogen) atoms. The normalized spacial score (nSPS) is 17.1. The van der Waals surface area contributed by atoms with E-state index in [0.717, 1.165) is 5.69 Å². The molecule has 1 saturated heterocycles. The minimum atomic E-state index is -1.09. The van der Waals surface area contributed by atoms with Crippen LogP contribution in [0.15, 0.2) is 30.6 Å². The predicted molar refractivity (Wildman–Crippen MR) is 62.0 cm³/mol. The molecule has 1 aliphatic rings. The monoisotopic (exact) mass is 245 g/mol. The van der Waals surface area contributed by atoms with Gasteiger partial charge in [-0.25, -0.2) is 9.97 Å². The zero-order valence-corrected chi connectivity index (χ0v) is 9.46. The Morgan fingerprint density at radius 3 is 2.83 bits per heavy atom. The van der Waals surface area contributed by atoms with Gasteiger partial charge in [0.2, 0.25) is 0 Å². The van der Waals surface area contributed by atoms with E-state index in [9.17, 15) is 9.90 Å². The van der Waals surface area contributed by atoms with Crippen LogP contribution in [0, 0.1) is 0 Å². The van der Waals surface area contributed by atoms with Crippen LogP contribution in [0.2, 0.25) is 0 Å². The van der Waals surface area contributed by atoms with E-state index in [2.05, 4.69) is 15.0 Å². The van der Waals surface area contributed by atoms with E-state index in [0.29, 0.717) is 11.5 Å². The minimum Gasteiger partial charge on any atom is -0.480 e. The van der Waals surface area contributed by atoms with Gasteiger partial charge in [-0.2, -0.15) is 0 Å². The average molecular weight is 245 g/mol. The van der Waals surface area contributed by atoms with Crippen molar-refractivity contribution in [2.75, 3.05) is 13.2 Å². The van der Waals surface area contributed by atoms with Crippen molar-refractivity contribution in [3.05, 3.63) is 36.4 Å². The molecule has 0 amide bonds. The van der Waals surface area contributed by atoms with E-state index in [1.54, 1.807) is 18.5 Å². The van der Waals surface area contributed by atoms with Crippen molar-refractivity contribution in [1.82, 2.24) is 15.0 Å². The van der Waals surface area contributed by atoms with E-state index in [1.165, 1.54) is 0 Å². The molecule has 0 bridgehead atoms. The summed E-state index contributed by atoms with van der Waals surface area (Å²) in [5.41, 5.74) is 0.416. The van der Waals surface area contributed by atoms with Crippen molar-refractivity contribution in [3.8, 4) is 11.4 Å². The smallest absolute Gasteiger partial charge is 0.322 e. The van der Waals surface area contributed by atoms with Crippen LogP contribution in [0.4, 0.5) is 0 Å². The number of hydrogen-bond donors (Lipinski definition) is 2. The van der Waals surface area contributed by atoms with Crippen LogP contribution >= 0.6 is 0 Å². The number of rotatable bonds is 3. The van der Waals surface area contributed by atoms with E-state index >= 15 is 0 Å². The van der Waals surface area contributed by atoms with Crippen LogP contribution in [0.1, 0.15) is 5.82 Å². The molecular formula is C12H11N3O3. The molecule has 1 aliphatic heterocycles. The van der Waals surface area contributed by atoms with Gasteiger partial charge in [0.25, 0.3) is 0 Å². The third kappa shape index (κ3) is 1.50. The lowest BCUT2D eigenvalue weighted by Gasteiger charge is -2.35. The van der Waals surface area contributed by atoms with Crippen LogP contribution in [-0.2, 0) is 14.9 Å². The maximum atomic E-state index is 11.3. The van der Waals surface area contributed by atoms with Gasteiger partial charge >= 0.3 is 5.97 Å². The molecule has 92 valence electrons. The first-order valence-corrected chi connectivity index (χ1v) is 5.51. The molecule has 2 aromatic rings. The number of aromatic amines is 1. The van der Waals surface area contributed by atoms with E-state index < -0.39 is 11.4 Å². The first kappa shape index (κ1) is 10.9. The Morgan fingerprint density at radius 1 is 1.44 bits per heavy atom. The van der Waals surface area contributed by atoms with Crippen LogP contribution in [0.5, 0.6) is 0 Å². The number of H-pyrrole nitrogens is 1. The zero-order chi connectivity index (χ0) is 12.6. The van der Waals surface area contributed by atoms with Crippen molar-refractivity contribution in [1.29, 1.82) is 0 Å². The largest absolute Gasteiger partial charge is 0.480 e. The summed E-state index contributed by atoms with van der Waals surface area (Å²) in [5.74, 6) is -0.647. The van der Waals surface area contributed by atoms with E-state index in [1.807, 2.05) is 12.1 Å². The molecule has 2 N–H and O–H groups in total. The van der Waals surface area contributed by atoms with Crippen molar-refractivity contribution in [2.24, 2.45) is 0 Å². The third-order valence-corrected chi connectivity index (χ3v) is 3.06. The lowest BCUT2D eigenvalue weighted by molar-refractivity contribution is -0.164. The second-order valence-electron chi connectivity index (χ2n) is 4.23. The van der Waals surface area contributed by atoms with Crippen LogP contribution in [-0.4, -0.2) is 39.2 Å². The highest BCUT2D eigenvalue weighted by Gasteiger charge is 2.50. The van der Waals surface area contributed by atoms with Gasteiger partial charge in [-0.05, 0) is 18.2 Å². The first-order valence-electron chi connectivity index (χ1n) is 5.51. The van der Waals surface area contributed by atoms with Crippen LogP contribution in [0.3, 0.4) is 0 Å². The molecule has 3 rings (SSSR count). The highest BCUT2D eigenvalue weighted by Crippen LogP contribution is 2.31. The third-order valence-electron chi connectivity index (χ3n) is 3.06. The van der Waals surface area contributed by atoms with Gasteiger partial charge in [-0.15, -0.1) is 0 Å². The molecule has 3 heterocycles. The Bertz CT molecular complexity index is 576. The summed E-state index contributed by atoms with van der Waals surface area (Å²) in [6, 6.07) is 5.47. The molecule has 0 aliphatic carbocycles. The summed E-state index contributed by atoms with van der Waals surface area (Å²) in [4.78, 5) is 22.8. The quantitative estimate of drug-likeness (QED) is 0.836. The number of carboxylic acids is 1. The fraction of sp³-hybridized carbons (Fsp3) is 0.250. The number of nitrogens with one attached hydrogen (secondary N) is 1. The molecule has 0 unspecified atom stereocenters. The number of ether oxygens (including phenoxy) is 1. The first-order chi connectivity index (χ1) is 8.72. The molecule has 2 aromatic heterocycles. The molecule has 6 heteroatoms. The summed E-state index contributed by atoms with van der Waals surface area (Å²) in [7, 11) is 0. The number of carboxylic acid groups (broad SMARTS) is 1. The van der Waals surface area contributed by atoms with Crippen molar-refractivity contribution < 1.29 is 14.6 Å². The predicted octanol–water partition coefficient (Wildman–Crippen LogP) is 0.824. The molecule has 0 aromatic carbocycles. The fourth-order valence-corrected chi connectivity index (χ4v) is 1.88. The molecule has 0 atom stereocenters. The van der Waals surface area contributed by atoms with Gasteiger partial charge in [-0.1, -0.05) is 0 Å². The Labute approximate surface area is 103 Å². The maximum Gasteiger partial charge on any atom is 0.322 e. The van der Waals surface area contributed by atoms with Gasteiger partial charge in [0.05, 0.1) is 24.6 Å². The second-order valence-corrected chi connectivity index (χ2v) is 4.23. The van der Waals surface area contributed by atoms with E-state index in [4.69, 9.17) is 4.74 Å². The summed E-state index contributed by atoms with van der Waals surface area (Å²) in [6.45, 7) is 0.243. The summed E-state index contributed by atoms with van der Waals surface area (Å²) < 4.78 is 5.02. The van der Waals surface area contributed by atoms with Crippen LogP contribution < -0.4 is 0 Å². The lowest BCUT2D eigenvalue weighted by atomic mass is 9.85. The number of aromatic nitrogens is 3. The average Bonchev–Trinajstić information content (AvgIpc) is 2.80. The Morgan fingerprint density at radius 2 is 2.28 bits per heavy atom. The van der Waals surface area contributed by atoms with Crippen molar-refractivity contribution in [2.45, 2.75) is 5.41 Å². The second kappa shape index (κ2) is 3.92. The van der Waals surface area contributed by atoms with Gasteiger partial charge in [0, 0.05) is 12.4 Å². The minimum absolute atomic E-state index is 0.122. The van der Waals surface area contributed by atoms with Crippen molar-refractivity contribution >= 4 is 5.97 Å². The van der Waals surface area contributed by atoms with Gasteiger partial charge in [-0.3, -0.25) is 4.79 Å². The molecule has 6 nitrogen and oxygen atoms in total. The number of aliphatic carboxylic acids is 1. The molecule has 0 radical (unpaired) electrons. The van der Waals surface area contributed by atoms with E-state index in [-0.39, 0.29) is 13.2 Å². The summed E-state index contributed by atoms with van der Waals surface area (Å²) >= 11 is 0. The zero-order valence-electron chi connectivity index (χ0n) is 9.46. The lowest BCUT2D eigenvalue weighted by Crippen LogP contribution is -2.54. The Balaban J connectivity index is 2.04. The Hall–Kier alpha value is -2.21. The topological polar surface area (TPSA) is 88.1 Å². The van der Waals surface area contributed by atoms with Gasteiger partial charge in [0.1, 0.15) is 0 Å². The highest BCUT2D eigenvalue weighted by molar-refractivity contribution is 5.81. The summed E-state index contributed by atoms with van der Waals surface area (Å²) in [6.07, 6.45) is 3.36. The Kier molecular flexibility index (Phi) is 2.38. The molecule has 1 fully saturated rings. The SMILES string of the molecule is O=C(O)C1(c2nccc(-c3ccc[nH]3)n2)COC1. The van der Waals surface area contributed by atoms with Crippen LogP contribution in [0.25, 0.3) is 11.4 Å². The molecule has 0 saturated carbocycles. The van der Waals surface area contributed by atoms with Gasteiger partial charge < -0.3 is 14.8 Å². The number of nitrogens with zero attached hydrogens (tertiary/aromatic N) is 2. The van der Waals surface area contributed by atoms with Crippen molar-refractivity contribution in [3.63, 3.8) is 0 Å². The number of hydrogen-bond acceptors (Lipinski definition) is 4. The van der Waals surface area contributed by atoms with Gasteiger partial charge in [0.15, 0.2) is 11.2 Å². The molecule has 0 spiro atoms. The maximum absolute atomic E-state index is 11.3. The highest BCUT2D eigenvalue weighted by atomic mass is 16.5.